The summed E-state index contributed by atoms with van der Waals surface area (Å²) in [5, 5.41) is 0. The van der Waals surface area contributed by atoms with E-state index in [1.165, 1.54) is 0 Å². The molecule has 2 atom stereocenters. The summed E-state index contributed by atoms with van der Waals surface area (Å²) in [5.74, 6) is 0. The average molecular weight is 176 g/mol. The number of epoxide rings is 1. The van der Waals surface area contributed by atoms with Crippen molar-refractivity contribution in [3.05, 3.63) is 0 Å². The summed E-state index contributed by atoms with van der Waals surface area (Å²) in [6.45, 7) is 3.76. The van der Waals surface area contributed by atoms with Crippen molar-refractivity contribution in [2.75, 3.05) is 20.3 Å². The summed E-state index contributed by atoms with van der Waals surface area (Å²) in [5.41, 5.74) is 0. The van der Waals surface area contributed by atoms with Gasteiger partial charge >= 0.3 is 9.28 Å². The molecule has 0 saturated carbocycles. The van der Waals surface area contributed by atoms with Crippen molar-refractivity contribution in [2.45, 2.75) is 25.5 Å². The Morgan fingerprint density at radius 2 is 2.36 bits per heavy atom. The minimum atomic E-state index is -1.31. The minimum Gasteiger partial charge on any atom is -0.400 e. The van der Waals surface area contributed by atoms with Crippen LogP contribution in [0.1, 0.15) is 13.3 Å². The molecule has 0 radical (unpaired) electrons. The molecular weight excluding hydrogens is 160 g/mol. The predicted octanol–water partition coefficient (Wildman–Crippen LogP) is 0.679. The van der Waals surface area contributed by atoms with Crippen molar-refractivity contribution in [3.63, 3.8) is 0 Å². The number of hydrogen-bond donors (Lipinski definition) is 0. The van der Waals surface area contributed by atoms with E-state index < -0.39 is 9.28 Å². The Kier molecular flexibility index (Phi) is 4.07. The van der Waals surface area contributed by atoms with Crippen molar-refractivity contribution in [1.82, 2.24) is 0 Å². The highest BCUT2D eigenvalue weighted by Crippen LogP contribution is 2.10. The molecule has 1 saturated heterocycles. The summed E-state index contributed by atoms with van der Waals surface area (Å²) in [6.07, 6.45) is 1.52. The normalized spacial score (nSPS) is 25.1. The fourth-order valence-electron chi connectivity index (χ4n) is 0.884. The van der Waals surface area contributed by atoms with Gasteiger partial charge in [-0.25, -0.2) is 0 Å². The first kappa shape index (κ1) is 9.19. The highest BCUT2D eigenvalue weighted by Gasteiger charge is 2.24. The lowest BCUT2D eigenvalue weighted by Gasteiger charge is -2.11. The zero-order chi connectivity index (χ0) is 8.10. The Morgan fingerprint density at radius 1 is 1.64 bits per heavy atom. The fourth-order valence-corrected chi connectivity index (χ4v) is 2.32. The maximum atomic E-state index is 5.55. The van der Waals surface area contributed by atoms with Crippen LogP contribution >= 0.6 is 0 Å². The second-order valence-corrected chi connectivity index (χ2v) is 4.98. The topological polar surface area (TPSA) is 31.0 Å². The van der Waals surface area contributed by atoms with E-state index in [1.807, 2.05) is 0 Å². The lowest BCUT2D eigenvalue weighted by Crippen LogP contribution is -2.22. The maximum absolute atomic E-state index is 5.55. The van der Waals surface area contributed by atoms with E-state index in [1.54, 1.807) is 7.11 Å². The minimum absolute atomic E-state index is 0.372. The molecule has 4 heteroatoms. The van der Waals surface area contributed by atoms with E-state index in [0.717, 1.165) is 25.7 Å². The highest BCUT2D eigenvalue weighted by atomic mass is 28.3. The van der Waals surface area contributed by atoms with Gasteiger partial charge in [-0.2, -0.15) is 0 Å². The number of rotatable bonds is 6. The van der Waals surface area contributed by atoms with Crippen LogP contribution in [0, 0.1) is 0 Å². The van der Waals surface area contributed by atoms with Crippen molar-refractivity contribution >= 4 is 9.28 Å². The molecule has 0 N–H and O–H groups in total. The maximum Gasteiger partial charge on any atom is 0.321 e. The van der Waals surface area contributed by atoms with Gasteiger partial charge in [-0.05, 0) is 6.04 Å². The summed E-state index contributed by atoms with van der Waals surface area (Å²) in [4.78, 5) is 0. The van der Waals surface area contributed by atoms with Gasteiger partial charge in [-0.3, -0.25) is 0 Å². The average Bonchev–Trinajstić information content (AvgIpc) is 2.81. The van der Waals surface area contributed by atoms with Gasteiger partial charge in [0.25, 0.3) is 0 Å². The van der Waals surface area contributed by atoms with Crippen LogP contribution < -0.4 is 0 Å². The van der Waals surface area contributed by atoms with Gasteiger partial charge < -0.3 is 13.6 Å². The van der Waals surface area contributed by atoms with Crippen LogP contribution in [0.15, 0.2) is 0 Å². The van der Waals surface area contributed by atoms with Crippen LogP contribution in [0.3, 0.4) is 0 Å². The summed E-state index contributed by atoms with van der Waals surface area (Å²) in [7, 11) is 0.427. The molecule has 0 aromatic heterocycles. The number of hydrogen-bond acceptors (Lipinski definition) is 3. The Morgan fingerprint density at radius 3 is 2.82 bits per heavy atom. The Bertz CT molecular complexity index is 106. The third-order valence-electron chi connectivity index (χ3n) is 1.66. The molecule has 3 nitrogen and oxygen atoms in total. The van der Waals surface area contributed by atoms with Gasteiger partial charge in [0, 0.05) is 7.11 Å². The Hall–Kier alpha value is 0.0969. The summed E-state index contributed by atoms with van der Waals surface area (Å²) < 4.78 is 15.8. The zero-order valence-corrected chi connectivity index (χ0v) is 8.36. The monoisotopic (exact) mass is 176 g/mol. The largest absolute Gasteiger partial charge is 0.400 e. The molecule has 0 bridgehead atoms. The van der Waals surface area contributed by atoms with Crippen molar-refractivity contribution < 1.29 is 13.6 Å². The van der Waals surface area contributed by atoms with Gasteiger partial charge in [0.2, 0.25) is 0 Å². The molecular formula is C7H16O3Si. The summed E-state index contributed by atoms with van der Waals surface area (Å²) >= 11 is 0. The number of ether oxygens (including phenoxy) is 1. The zero-order valence-electron chi connectivity index (χ0n) is 7.21. The van der Waals surface area contributed by atoms with Gasteiger partial charge in [0.05, 0.1) is 13.2 Å². The second-order valence-electron chi connectivity index (χ2n) is 2.74. The third-order valence-corrected chi connectivity index (χ3v) is 3.80. The van der Waals surface area contributed by atoms with E-state index in [0.29, 0.717) is 6.10 Å². The molecule has 66 valence electrons. The van der Waals surface area contributed by atoms with Gasteiger partial charge in [-0.15, -0.1) is 0 Å². The molecule has 0 spiro atoms. The molecule has 1 rings (SSSR count). The SMILES string of the molecule is CCC[Si@H](OC)OCC1CO1. The van der Waals surface area contributed by atoms with Crippen molar-refractivity contribution in [2.24, 2.45) is 0 Å². The van der Waals surface area contributed by atoms with Crippen LogP contribution in [0.2, 0.25) is 6.04 Å². The first-order chi connectivity index (χ1) is 5.36. The first-order valence-electron chi connectivity index (χ1n) is 4.12. The summed E-state index contributed by atoms with van der Waals surface area (Å²) in [6, 6.07) is 1.10. The second kappa shape index (κ2) is 4.87. The van der Waals surface area contributed by atoms with Gasteiger partial charge in [0.15, 0.2) is 0 Å². The van der Waals surface area contributed by atoms with E-state index in [9.17, 15) is 0 Å². The van der Waals surface area contributed by atoms with Crippen LogP contribution in [0.25, 0.3) is 0 Å². The lowest BCUT2D eigenvalue weighted by atomic mass is 10.5. The molecule has 1 fully saturated rings. The smallest absolute Gasteiger partial charge is 0.321 e. The van der Waals surface area contributed by atoms with E-state index in [2.05, 4.69) is 6.92 Å². The Balaban J connectivity index is 1.98. The van der Waals surface area contributed by atoms with E-state index in [4.69, 9.17) is 13.6 Å². The molecule has 0 aliphatic carbocycles. The standard InChI is InChI=1S/C7H16O3Si/c1-3-4-11(8-2)10-6-7-5-9-7/h7,11H,3-6H2,1-2H3/t7?,11-/m1/s1. The molecule has 11 heavy (non-hydrogen) atoms. The Labute approximate surface area is 69.5 Å². The van der Waals surface area contributed by atoms with Crippen LogP contribution in [-0.4, -0.2) is 35.7 Å². The third kappa shape index (κ3) is 3.86. The van der Waals surface area contributed by atoms with Gasteiger partial charge in [-0.1, -0.05) is 13.3 Å². The first-order valence-corrected chi connectivity index (χ1v) is 5.88. The predicted molar refractivity (Wildman–Crippen MR) is 44.9 cm³/mol. The van der Waals surface area contributed by atoms with E-state index >= 15 is 0 Å². The van der Waals surface area contributed by atoms with Crippen LogP contribution in [0.5, 0.6) is 0 Å². The molecule has 0 amide bonds. The van der Waals surface area contributed by atoms with Crippen molar-refractivity contribution in [1.29, 1.82) is 0 Å². The molecule has 1 unspecified atom stereocenters. The van der Waals surface area contributed by atoms with Crippen LogP contribution in [0.4, 0.5) is 0 Å². The molecule has 0 aromatic carbocycles. The van der Waals surface area contributed by atoms with Crippen LogP contribution in [-0.2, 0) is 13.6 Å². The molecule has 1 aliphatic heterocycles. The fraction of sp³-hybridized carbons (Fsp3) is 1.00. The quantitative estimate of drug-likeness (QED) is 0.440. The van der Waals surface area contributed by atoms with E-state index in [-0.39, 0.29) is 0 Å². The lowest BCUT2D eigenvalue weighted by molar-refractivity contribution is 0.204. The molecule has 1 heterocycles. The van der Waals surface area contributed by atoms with Gasteiger partial charge in [0.1, 0.15) is 6.10 Å². The molecule has 1 aliphatic rings. The van der Waals surface area contributed by atoms with Crippen molar-refractivity contribution in [3.8, 4) is 0 Å². The highest BCUT2D eigenvalue weighted by molar-refractivity contribution is 6.44. The molecule has 0 aromatic rings.